The second kappa shape index (κ2) is 10.5. The lowest BCUT2D eigenvalue weighted by molar-refractivity contribution is -0.234. The van der Waals surface area contributed by atoms with E-state index in [1.807, 2.05) is 12.1 Å². The van der Waals surface area contributed by atoms with E-state index in [9.17, 15) is 9.90 Å². The molecule has 1 aromatic heterocycles. The first-order chi connectivity index (χ1) is 14.5. The maximum atomic E-state index is 13.0. The van der Waals surface area contributed by atoms with Crippen LogP contribution in [-0.2, 0) is 25.4 Å². The summed E-state index contributed by atoms with van der Waals surface area (Å²) in [6.07, 6.45) is 7.07. The van der Waals surface area contributed by atoms with Gasteiger partial charge in [0.2, 0.25) is 0 Å². The third-order valence-electron chi connectivity index (χ3n) is 6.14. The molecular formula is C22H34N2O6. The number of ether oxygens (including phenoxy) is 4. The number of aliphatic hydroxyl groups excluding tert-OH is 1. The molecule has 1 aromatic rings. The van der Waals surface area contributed by atoms with E-state index >= 15 is 0 Å². The van der Waals surface area contributed by atoms with Crippen LogP contribution < -0.4 is 4.74 Å². The molecule has 1 amide bonds. The first kappa shape index (κ1) is 22.9. The summed E-state index contributed by atoms with van der Waals surface area (Å²) >= 11 is 0. The molecule has 1 saturated heterocycles. The Morgan fingerprint density at radius 2 is 2.00 bits per heavy atom. The van der Waals surface area contributed by atoms with E-state index in [4.69, 9.17) is 18.9 Å². The number of rotatable bonds is 11. The van der Waals surface area contributed by atoms with Crippen molar-refractivity contribution in [3.63, 3.8) is 0 Å². The monoisotopic (exact) mass is 422 g/mol. The largest absolute Gasteiger partial charge is 0.490 e. The fourth-order valence-corrected chi connectivity index (χ4v) is 4.51. The molecule has 8 nitrogen and oxygen atoms in total. The van der Waals surface area contributed by atoms with Crippen molar-refractivity contribution < 1.29 is 28.8 Å². The highest BCUT2D eigenvalue weighted by Gasteiger charge is 2.61. The molecule has 1 saturated carbocycles. The first-order valence-electron chi connectivity index (χ1n) is 10.7. The molecular weight excluding hydrogens is 388 g/mol. The summed E-state index contributed by atoms with van der Waals surface area (Å²) in [5.41, 5.74) is -0.426. The van der Waals surface area contributed by atoms with Crippen LogP contribution in [0.1, 0.15) is 44.7 Å². The van der Waals surface area contributed by atoms with Crippen molar-refractivity contribution in [3.05, 3.63) is 24.0 Å². The molecule has 3 rings (SSSR count). The Morgan fingerprint density at radius 3 is 2.67 bits per heavy atom. The molecule has 0 aromatic carbocycles. The van der Waals surface area contributed by atoms with Crippen LogP contribution in [0.5, 0.6) is 5.75 Å². The predicted molar refractivity (Wildman–Crippen MR) is 110 cm³/mol. The van der Waals surface area contributed by atoms with E-state index in [1.165, 1.54) is 27.1 Å². The molecule has 2 fully saturated rings. The summed E-state index contributed by atoms with van der Waals surface area (Å²) in [7, 11) is 3.05. The number of nitrogens with zero attached hydrogens (tertiary/aromatic N) is 2. The van der Waals surface area contributed by atoms with Crippen molar-refractivity contribution in [3.8, 4) is 5.75 Å². The maximum absolute atomic E-state index is 13.0. The number of carbonyl (C=O) groups excluding carboxylic acids is 1. The Morgan fingerprint density at radius 1 is 1.23 bits per heavy atom. The number of likely N-dealkylation sites (tertiary alicyclic amines) is 1. The molecule has 0 spiro atoms. The average molecular weight is 423 g/mol. The zero-order valence-corrected chi connectivity index (χ0v) is 18.2. The fourth-order valence-electron chi connectivity index (χ4n) is 4.51. The van der Waals surface area contributed by atoms with E-state index < -0.39 is 5.60 Å². The number of aliphatic hydroxyl groups is 1. The maximum Gasteiger partial charge on any atom is 0.259 e. The Kier molecular flexibility index (Phi) is 8.05. The van der Waals surface area contributed by atoms with Crippen LogP contribution in [0.25, 0.3) is 0 Å². The van der Waals surface area contributed by atoms with Crippen LogP contribution >= 0.6 is 0 Å². The second-order valence-electron chi connectivity index (χ2n) is 8.32. The lowest BCUT2D eigenvalue weighted by Gasteiger charge is -2.54. The van der Waals surface area contributed by atoms with Crippen molar-refractivity contribution in [1.29, 1.82) is 0 Å². The summed E-state index contributed by atoms with van der Waals surface area (Å²) in [5.74, 6) is 1.34. The molecule has 0 unspecified atom stereocenters. The van der Waals surface area contributed by atoms with Crippen molar-refractivity contribution in [1.82, 2.24) is 9.88 Å². The highest BCUT2D eigenvalue weighted by Crippen LogP contribution is 2.39. The second-order valence-corrected chi connectivity index (χ2v) is 8.32. The van der Waals surface area contributed by atoms with Gasteiger partial charge < -0.3 is 29.0 Å². The zero-order valence-electron chi connectivity index (χ0n) is 18.2. The standard InChI is InChI=1S/C22H34N2O6/c1-16-4-6-18(7-5-16)30-19-8-10-23-17(12-19)13-22(29-15-28-3)20(9-11-25)24(14-27-2)21(22)26/h8,10,12,16,18,20,25H,4-7,9,11,13-15H2,1-3H3/t16-,18-,20-,22+/m0/s1. The van der Waals surface area contributed by atoms with Gasteiger partial charge in [-0.15, -0.1) is 0 Å². The van der Waals surface area contributed by atoms with Gasteiger partial charge >= 0.3 is 0 Å². The Labute approximate surface area is 178 Å². The van der Waals surface area contributed by atoms with Crippen LogP contribution in [0.3, 0.4) is 0 Å². The molecule has 0 bridgehead atoms. The minimum absolute atomic E-state index is 0.0229. The third-order valence-corrected chi connectivity index (χ3v) is 6.14. The number of amides is 1. The summed E-state index contributed by atoms with van der Waals surface area (Å²) in [6.45, 7) is 2.35. The van der Waals surface area contributed by atoms with Gasteiger partial charge in [-0.05, 0) is 44.1 Å². The Balaban J connectivity index is 1.75. The van der Waals surface area contributed by atoms with Crippen LogP contribution in [0.15, 0.2) is 18.3 Å². The minimum atomic E-state index is -1.14. The van der Waals surface area contributed by atoms with Crippen molar-refractivity contribution in [2.24, 2.45) is 5.92 Å². The zero-order chi connectivity index (χ0) is 21.6. The molecule has 1 aliphatic heterocycles. The Bertz CT molecular complexity index is 694. The summed E-state index contributed by atoms with van der Waals surface area (Å²) in [5, 5.41) is 9.54. The quantitative estimate of drug-likeness (QED) is 0.432. The van der Waals surface area contributed by atoms with Crippen LogP contribution in [0, 0.1) is 5.92 Å². The van der Waals surface area contributed by atoms with Crippen LogP contribution in [0.4, 0.5) is 0 Å². The lowest BCUT2D eigenvalue weighted by atomic mass is 9.77. The van der Waals surface area contributed by atoms with E-state index in [0.717, 1.165) is 24.5 Å². The summed E-state index contributed by atoms with van der Waals surface area (Å²) in [6, 6.07) is 3.42. The number of carbonyl (C=O) groups is 1. The molecule has 2 heterocycles. The molecule has 1 aliphatic carbocycles. The molecule has 0 radical (unpaired) electrons. The van der Waals surface area contributed by atoms with Crippen LogP contribution in [0.2, 0.25) is 0 Å². The number of β-lactam (4-membered cyclic amide) rings is 1. The van der Waals surface area contributed by atoms with Gasteiger partial charge in [0.05, 0.1) is 12.1 Å². The Hall–Kier alpha value is -1.74. The van der Waals surface area contributed by atoms with E-state index in [-0.39, 0.29) is 44.6 Å². The van der Waals surface area contributed by atoms with Crippen LogP contribution in [-0.4, -0.2) is 73.0 Å². The minimum Gasteiger partial charge on any atom is -0.490 e. The average Bonchev–Trinajstić information content (AvgIpc) is 2.75. The van der Waals surface area contributed by atoms with Gasteiger partial charge in [0.1, 0.15) is 19.3 Å². The van der Waals surface area contributed by atoms with E-state index in [2.05, 4.69) is 11.9 Å². The number of methoxy groups -OCH3 is 2. The van der Waals surface area contributed by atoms with E-state index in [1.54, 1.807) is 11.1 Å². The number of hydrogen-bond acceptors (Lipinski definition) is 7. The smallest absolute Gasteiger partial charge is 0.259 e. The normalized spacial score (nSPS) is 29.0. The highest BCUT2D eigenvalue weighted by molar-refractivity contribution is 5.93. The van der Waals surface area contributed by atoms with E-state index in [0.29, 0.717) is 12.1 Å². The SMILES string of the molecule is COCO[C@@]1(Cc2cc(O[C@H]3CC[C@H](C)CC3)ccn2)C(=O)N(COC)[C@H]1CCO. The van der Waals surface area contributed by atoms with Crippen molar-refractivity contribution in [2.45, 2.75) is 63.2 Å². The first-order valence-corrected chi connectivity index (χ1v) is 10.7. The number of pyridine rings is 1. The molecule has 1 N–H and O–H groups in total. The highest BCUT2D eigenvalue weighted by atomic mass is 16.7. The molecule has 2 aliphatic rings. The molecule has 8 heteroatoms. The molecule has 30 heavy (non-hydrogen) atoms. The van der Waals surface area contributed by atoms with Gasteiger partial charge in [-0.1, -0.05) is 6.92 Å². The molecule has 168 valence electrons. The van der Waals surface area contributed by atoms with Gasteiger partial charge in [0.15, 0.2) is 5.60 Å². The van der Waals surface area contributed by atoms with Gasteiger partial charge in [0, 0.05) is 45.2 Å². The fraction of sp³-hybridized carbons (Fsp3) is 0.727. The van der Waals surface area contributed by atoms with Crippen molar-refractivity contribution >= 4 is 5.91 Å². The lowest BCUT2D eigenvalue weighted by Crippen LogP contribution is -2.76. The van der Waals surface area contributed by atoms with Gasteiger partial charge in [-0.25, -0.2) is 0 Å². The van der Waals surface area contributed by atoms with Gasteiger partial charge in [0.25, 0.3) is 5.91 Å². The number of aromatic nitrogens is 1. The summed E-state index contributed by atoms with van der Waals surface area (Å²) in [4.78, 5) is 19.1. The predicted octanol–water partition coefficient (Wildman–Crippen LogP) is 2.14. The summed E-state index contributed by atoms with van der Waals surface area (Å²) < 4.78 is 22.3. The van der Waals surface area contributed by atoms with Gasteiger partial charge in [-0.2, -0.15) is 0 Å². The number of hydrogen-bond donors (Lipinski definition) is 1. The molecule has 2 atom stereocenters. The third kappa shape index (κ3) is 4.94. The van der Waals surface area contributed by atoms with Crippen molar-refractivity contribution in [2.75, 3.05) is 34.4 Å². The van der Waals surface area contributed by atoms with Gasteiger partial charge in [-0.3, -0.25) is 9.78 Å². The topological polar surface area (TPSA) is 90.4 Å².